The summed E-state index contributed by atoms with van der Waals surface area (Å²) in [4.78, 5) is 34.2. The van der Waals surface area contributed by atoms with Gasteiger partial charge in [-0.25, -0.2) is 9.59 Å². The maximum Gasteiger partial charge on any atom is 0.422 e. The smallest absolute Gasteiger partial charge is 0.422 e. The minimum absolute atomic E-state index is 0.111. The number of nitro benzene ring substituents is 1. The molecule has 0 heterocycles. The summed E-state index contributed by atoms with van der Waals surface area (Å²) >= 11 is 0. The molecular weight excluding hydrogens is 371 g/mol. The second-order valence-electron chi connectivity index (χ2n) is 5.22. The van der Waals surface area contributed by atoms with Crippen LogP contribution in [0.1, 0.15) is 22.0 Å². The van der Waals surface area contributed by atoms with Gasteiger partial charge in [-0.1, -0.05) is 30.3 Å². The lowest BCUT2D eigenvalue weighted by molar-refractivity contribution is -0.384. The number of esters is 2. The highest BCUT2D eigenvalue weighted by Crippen LogP contribution is 2.23. The lowest BCUT2D eigenvalue weighted by Crippen LogP contribution is -2.27. The first-order valence-electron chi connectivity index (χ1n) is 7.41. The number of carbonyl (C=O) groups is 2. The molecule has 1 atom stereocenters. The van der Waals surface area contributed by atoms with Crippen molar-refractivity contribution in [2.24, 2.45) is 0 Å². The van der Waals surface area contributed by atoms with Crippen molar-refractivity contribution in [3.63, 3.8) is 0 Å². The van der Waals surface area contributed by atoms with E-state index >= 15 is 0 Å². The quantitative estimate of drug-likeness (QED) is 0.430. The van der Waals surface area contributed by atoms with Gasteiger partial charge in [0.25, 0.3) is 5.69 Å². The summed E-state index contributed by atoms with van der Waals surface area (Å²) < 4.78 is 46.0. The van der Waals surface area contributed by atoms with Gasteiger partial charge < -0.3 is 9.47 Å². The predicted molar refractivity (Wildman–Crippen MR) is 84.7 cm³/mol. The van der Waals surface area contributed by atoms with Crippen LogP contribution in [0.15, 0.2) is 54.6 Å². The molecular formula is C17H12F3NO6. The maximum absolute atomic E-state index is 12.3. The zero-order chi connectivity index (χ0) is 20.0. The highest BCUT2D eigenvalue weighted by molar-refractivity contribution is 5.92. The second-order valence-corrected chi connectivity index (χ2v) is 5.22. The number of nitrogens with zero attached hydrogens (tertiary/aromatic N) is 1. The first-order chi connectivity index (χ1) is 12.7. The van der Waals surface area contributed by atoms with E-state index in [2.05, 4.69) is 4.74 Å². The Bertz CT molecular complexity index is 821. The summed E-state index contributed by atoms with van der Waals surface area (Å²) in [6.07, 6.45) is -6.46. The summed E-state index contributed by atoms with van der Waals surface area (Å²) in [5.74, 6) is -2.45. The maximum atomic E-state index is 12.3. The summed E-state index contributed by atoms with van der Waals surface area (Å²) in [5.41, 5.74) is -0.277. The number of halogens is 3. The second kappa shape index (κ2) is 8.30. The van der Waals surface area contributed by atoms with Gasteiger partial charge in [0.2, 0.25) is 6.10 Å². The van der Waals surface area contributed by atoms with Crippen molar-refractivity contribution in [1.82, 2.24) is 0 Å². The number of hydrogen-bond donors (Lipinski definition) is 0. The third-order valence-electron chi connectivity index (χ3n) is 3.23. The zero-order valence-corrected chi connectivity index (χ0v) is 13.5. The first kappa shape index (κ1) is 19.9. The van der Waals surface area contributed by atoms with Gasteiger partial charge in [0.15, 0.2) is 6.61 Å². The van der Waals surface area contributed by atoms with Crippen molar-refractivity contribution in [1.29, 1.82) is 0 Å². The fraction of sp³-hybridized carbons (Fsp3) is 0.176. The average molecular weight is 383 g/mol. The summed E-state index contributed by atoms with van der Waals surface area (Å²) in [7, 11) is 0. The molecule has 0 aliphatic rings. The van der Waals surface area contributed by atoms with Crippen LogP contribution in [0, 0.1) is 10.1 Å². The van der Waals surface area contributed by atoms with E-state index in [1.807, 2.05) is 0 Å². The van der Waals surface area contributed by atoms with Crippen molar-refractivity contribution < 1.29 is 37.2 Å². The van der Waals surface area contributed by atoms with Crippen LogP contribution in [0.2, 0.25) is 0 Å². The van der Waals surface area contributed by atoms with Gasteiger partial charge in [-0.05, 0) is 12.1 Å². The monoisotopic (exact) mass is 383 g/mol. The molecule has 0 bridgehead atoms. The van der Waals surface area contributed by atoms with Gasteiger partial charge in [0.1, 0.15) is 0 Å². The number of hydrogen-bond acceptors (Lipinski definition) is 6. The average Bonchev–Trinajstić information content (AvgIpc) is 2.64. The van der Waals surface area contributed by atoms with E-state index in [1.54, 1.807) is 6.07 Å². The van der Waals surface area contributed by atoms with Crippen LogP contribution >= 0.6 is 0 Å². The zero-order valence-electron chi connectivity index (χ0n) is 13.5. The Morgan fingerprint density at radius 2 is 1.63 bits per heavy atom. The molecule has 0 aromatic heterocycles. The van der Waals surface area contributed by atoms with Crippen molar-refractivity contribution >= 4 is 17.6 Å². The van der Waals surface area contributed by atoms with Gasteiger partial charge in [-0.3, -0.25) is 10.1 Å². The molecule has 0 aliphatic carbocycles. The topological polar surface area (TPSA) is 95.7 Å². The molecule has 1 unspecified atom stereocenters. The number of carbonyl (C=O) groups excluding carboxylic acids is 2. The number of non-ortho nitro benzene ring substituents is 1. The lowest BCUT2D eigenvalue weighted by Gasteiger charge is -2.18. The van der Waals surface area contributed by atoms with E-state index in [0.29, 0.717) is 0 Å². The summed E-state index contributed by atoms with van der Waals surface area (Å²) in [5, 5.41) is 10.6. The molecule has 27 heavy (non-hydrogen) atoms. The Kier molecular flexibility index (Phi) is 6.11. The fourth-order valence-electron chi connectivity index (χ4n) is 2.00. The van der Waals surface area contributed by atoms with E-state index in [1.165, 1.54) is 24.3 Å². The van der Waals surface area contributed by atoms with E-state index in [9.17, 15) is 32.9 Å². The Labute approximate surface area is 150 Å². The highest BCUT2D eigenvalue weighted by atomic mass is 19.4. The van der Waals surface area contributed by atoms with Crippen molar-refractivity contribution in [3.8, 4) is 0 Å². The van der Waals surface area contributed by atoms with Gasteiger partial charge >= 0.3 is 18.1 Å². The molecule has 2 aromatic carbocycles. The van der Waals surface area contributed by atoms with Crippen LogP contribution in [0.25, 0.3) is 0 Å². The fourth-order valence-corrected chi connectivity index (χ4v) is 2.00. The number of nitro groups is 1. The third-order valence-corrected chi connectivity index (χ3v) is 3.23. The first-order valence-corrected chi connectivity index (χ1v) is 7.41. The molecule has 0 aliphatic heterocycles. The molecule has 0 saturated carbocycles. The normalized spacial score (nSPS) is 12.1. The van der Waals surface area contributed by atoms with Crippen LogP contribution in [-0.4, -0.2) is 29.6 Å². The number of ether oxygens (including phenoxy) is 2. The lowest BCUT2D eigenvalue weighted by atomic mass is 10.1. The standard InChI is InChI=1S/C17H12F3NO6/c18-17(19,20)10-26-16(23)14(11-4-2-1-3-5-11)27-15(22)12-6-8-13(9-7-12)21(24)25/h1-9,14H,10H2. The predicted octanol–water partition coefficient (Wildman–Crippen LogP) is 3.60. The van der Waals surface area contributed by atoms with E-state index in [-0.39, 0.29) is 16.8 Å². The van der Waals surface area contributed by atoms with E-state index < -0.39 is 35.7 Å². The molecule has 0 amide bonds. The SMILES string of the molecule is O=C(OC(C(=O)OCC(F)(F)F)c1ccccc1)c1ccc([N+](=O)[O-])cc1. The molecule has 0 saturated heterocycles. The molecule has 2 rings (SSSR count). The van der Waals surface area contributed by atoms with Crippen LogP contribution < -0.4 is 0 Å². The molecule has 142 valence electrons. The Balaban J connectivity index is 2.19. The third kappa shape index (κ3) is 5.80. The van der Waals surface area contributed by atoms with Gasteiger partial charge in [0, 0.05) is 17.7 Å². The van der Waals surface area contributed by atoms with Crippen molar-refractivity contribution in [2.45, 2.75) is 12.3 Å². The van der Waals surface area contributed by atoms with Gasteiger partial charge in [-0.2, -0.15) is 13.2 Å². The van der Waals surface area contributed by atoms with Crippen molar-refractivity contribution in [3.05, 3.63) is 75.8 Å². The Morgan fingerprint density at radius 1 is 1.04 bits per heavy atom. The summed E-state index contributed by atoms with van der Waals surface area (Å²) in [6.45, 7) is -1.83. The molecule has 0 spiro atoms. The number of benzene rings is 2. The number of alkyl halides is 3. The van der Waals surface area contributed by atoms with Crippen LogP contribution in [0.4, 0.5) is 18.9 Å². The molecule has 2 aromatic rings. The molecule has 10 heteroatoms. The Hall–Kier alpha value is -3.43. The summed E-state index contributed by atoms with van der Waals surface area (Å²) in [6, 6.07) is 11.7. The van der Waals surface area contributed by atoms with Crippen LogP contribution in [0.5, 0.6) is 0 Å². The van der Waals surface area contributed by atoms with Crippen LogP contribution in [0.3, 0.4) is 0 Å². The van der Waals surface area contributed by atoms with Crippen molar-refractivity contribution in [2.75, 3.05) is 6.61 Å². The molecule has 0 radical (unpaired) electrons. The van der Waals surface area contributed by atoms with Gasteiger partial charge in [0.05, 0.1) is 10.5 Å². The molecule has 0 N–H and O–H groups in total. The highest BCUT2D eigenvalue weighted by Gasteiger charge is 2.33. The minimum atomic E-state index is -4.74. The number of rotatable bonds is 6. The van der Waals surface area contributed by atoms with E-state index in [0.717, 1.165) is 24.3 Å². The molecule has 7 nitrogen and oxygen atoms in total. The van der Waals surface area contributed by atoms with Gasteiger partial charge in [-0.15, -0.1) is 0 Å². The Morgan fingerprint density at radius 3 is 2.15 bits per heavy atom. The minimum Gasteiger partial charge on any atom is -0.453 e. The largest absolute Gasteiger partial charge is 0.453 e. The molecule has 0 fully saturated rings. The van der Waals surface area contributed by atoms with Crippen LogP contribution in [-0.2, 0) is 14.3 Å². The van der Waals surface area contributed by atoms with E-state index in [4.69, 9.17) is 4.74 Å².